The molecule has 0 spiro atoms. The van der Waals surface area contributed by atoms with Gasteiger partial charge in [-0.05, 0) is 37.5 Å². The second-order valence-corrected chi connectivity index (χ2v) is 6.55. The molecule has 108 valence electrons. The largest absolute Gasteiger partial charge is 0.481 e. The molecule has 1 amide bonds. The summed E-state index contributed by atoms with van der Waals surface area (Å²) in [6.45, 7) is 0. The van der Waals surface area contributed by atoms with Gasteiger partial charge in [0.1, 0.15) is 0 Å². The summed E-state index contributed by atoms with van der Waals surface area (Å²) in [5, 5.41) is 12.2. The van der Waals surface area contributed by atoms with Gasteiger partial charge in [-0.25, -0.2) is 0 Å². The van der Waals surface area contributed by atoms with Gasteiger partial charge in [0, 0.05) is 6.04 Å². The van der Waals surface area contributed by atoms with Gasteiger partial charge in [0.15, 0.2) is 0 Å². The fourth-order valence-electron chi connectivity index (χ4n) is 4.25. The smallest absolute Gasteiger partial charge is 0.308 e. The number of allylic oxidation sites excluding steroid dienone is 1. The number of ether oxygens (including phenoxy) is 1. The van der Waals surface area contributed by atoms with Crippen LogP contribution in [0, 0.1) is 23.7 Å². The molecule has 2 aliphatic heterocycles. The molecule has 2 heterocycles. The van der Waals surface area contributed by atoms with Crippen molar-refractivity contribution in [3.05, 3.63) is 12.2 Å². The molecule has 4 rings (SSSR count). The maximum atomic E-state index is 12.4. The zero-order chi connectivity index (χ0) is 13.9. The van der Waals surface area contributed by atoms with Crippen LogP contribution in [0.25, 0.3) is 0 Å². The molecule has 2 bridgehead atoms. The molecule has 0 aromatic carbocycles. The highest BCUT2D eigenvalue weighted by Crippen LogP contribution is 2.60. The van der Waals surface area contributed by atoms with Gasteiger partial charge < -0.3 is 15.2 Å². The average Bonchev–Trinajstić information content (AvgIpc) is 3.03. The number of rotatable bonds is 3. The highest BCUT2D eigenvalue weighted by molar-refractivity contribution is 5.81. The van der Waals surface area contributed by atoms with E-state index in [0.717, 1.165) is 6.42 Å². The van der Waals surface area contributed by atoms with Crippen molar-refractivity contribution in [1.29, 1.82) is 0 Å². The number of hydrogen-bond acceptors (Lipinski definition) is 3. The van der Waals surface area contributed by atoms with Crippen molar-refractivity contribution in [3.8, 4) is 0 Å². The number of amides is 1. The Morgan fingerprint density at radius 2 is 1.90 bits per heavy atom. The predicted molar refractivity (Wildman–Crippen MR) is 69.8 cm³/mol. The minimum absolute atomic E-state index is 0.00519. The number of carboxylic acids is 1. The zero-order valence-electron chi connectivity index (χ0n) is 11.2. The van der Waals surface area contributed by atoms with Crippen molar-refractivity contribution >= 4 is 11.9 Å². The van der Waals surface area contributed by atoms with Crippen LogP contribution < -0.4 is 5.32 Å². The molecule has 2 saturated heterocycles. The molecule has 3 fully saturated rings. The number of carbonyl (C=O) groups excluding carboxylic acids is 1. The minimum Gasteiger partial charge on any atom is -0.481 e. The third kappa shape index (κ3) is 1.79. The standard InChI is InChI=1S/C15H19NO4/c17-14(10-6-12-8-5-9(8)13(10)20-12)16-11-4-2-1-3-7(11)15(18)19/h1-2,7-13H,3-6H2,(H,16,17)(H,18,19)/t7-,8-,9+,10-,11+,12+,13+/m1/s1. The summed E-state index contributed by atoms with van der Waals surface area (Å²) in [6, 6.07) is -0.279. The third-order valence-electron chi connectivity index (χ3n) is 5.42. The van der Waals surface area contributed by atoms with Gasteiger partial charge in [-0.2, -0.15) is 0 Å². The molecule has 1 saturated carbocycles. The lowest BCUT2D eigenvalue weighted by atomic mass is 9.86. The highest BCUT2D eigenvalue weighted by Gasteiger charge is 2.64. The van der Waals surface area contributed by atoms with Gasteiger partial charge >= 0.3 is 5.97 Å². The normalized spacial score (nSPS) is 47.9. The Labute approximate surface area is 117 Å². The minimum atomic E-state index is -0.828. The number of fused-ring (bicyclic) bond motifs is 5. The van der Waals surface area contributed by atoms with E-state index in [1.54, 1.807) is 0 Å². The van der Waals surface area contributed by atoms with E-state index in [4.69, 9.17) is 4.74 Å². The number of hydrogen-bond donors (Lipinski definition) is 2. The van der Waals surface area contributed by atoms with E-state index in [0.29, 0.717) is 24.7 Å². The van der Waals surface area contributed by atoms with Crippen LogP contribution in [0.3, 0.4) is 0 Å². The van der Waals surface area contributed by atoms with Crippen LogP contribution in [-0.2, 0) is 14.3 Å². The maximum Gasteiger partial charge on any atom is 0.308 e. The second kappa shape index (κ2) is 4.32. The van der Waals surface area contributed by atoms with Crippen LogP contribution in [0.4, 0.5) is 0 Å². The van der Waals surface area contributed by atoms with Crippen molar-refractivity contribution in [2.75, 3.05) is 0 Å². The lowest BCUT2D eigenvalue weighted by Gasteiger charge is -2.28. The van der Waals surface area contributed by atoms with E-state index < -0.39 is 11.9 Å². The number of carbonyl (C=O) groups is 2. The summed E-state index contributed by atoms with van der Waals surface area (Å²) in [5.74, 6) is -0.110. The first-order valence-corrected chi connectivity index (χ1v) is 7.49. The molecule has 7 atom stereocenters. The SMILES string of the molecule is O=C(N[C@H]1CC=CC[C@H]1C(=O)O)[C@@H]1C[C@@H]2O[C@H]1[C@H]1C[C@H]12. The number of nitrogens with one attached hydrogen (secondary N) is 1. The van der Waals surface area contributed by atoms with Crippen molar-refractivity contribution < 1.29 is 19.4 Å². The van der Waals surface area contributed by atoms with Gasteiger partial charge in [-0.1, -0.05) is 12.2 Å². The zero-order valence-corrected chi connectivity index (χ0v) is 11.2. The molecule has 2 aliphatic carbocycles. The lowest BCUT2D eigenvalue weighted by molar-refractivity contribution is -0.143. The molecular weight excluding hydrogens is 258 g/mol. The molecule has 0 aromatic rings. The van der Waals surface area contributed by atoms with Crippen molar-refractivity contribution in [1.82, 2.24) is 5.32 Å². The summed E-state index contributed by atoms with van der Waals surface area (Å²) < 4.78 is 5.84. The van der Waals surface area contributed by atoms with Gasteiger partial charge in [0.25, 0.3) is 0 Å². The van der Waals surface area contributed by atoms with E-state index in [2.05, 4.69) is 5.32 Å². The molecule has 0 radical (unpaired) electrons. The average molecular weight is 277 g/mol. The fourth-order valence-corrected chi connectivity index (χ4v) is 4.25. The molecule has 2 N–H and O–H groups in total. The van der Waals surface area contributed by atoms with Crippen LogP contribution >= 0.6 is 0 Å². The molecule has 4 aliphatic rings. The van der Waals surface area contributed by atoms with Crippen LogP contribution in [-0.4, -0.2) is 35.2 Å². The monoisotopic (exact) mass is 277 g/mol. The Balaban J connectivity index is 1.42. The molecule has 5 heteroatoms. The number of aliphatic carboxylic acids is 1. The quantitative estimate of drug-likeness (QED) is 0.753. The predicted octanol–water partition coefficient (Wildman–Crippen LogP) is 0.945. The Morgan fingerprint density at radius 3 is 2.60 bits per heavy atom. The van der Waals surface area contributed by atoms with E-state index >= 15 is 0 Å². The summed E-state index contributed by atoms with van der Waals surface area (Å²) in [4.78, 5) is 23.7. The maximum absolute atomic E-state index is 12.4. The van der Waals surface area contributed by atoms with Gasteiger partial charge in [-0.15, -0.1) is 0 Å². The first-order chi connectivity index (χ1) is 9.65. The Kier molecular flexibility index (Phi) is 2.67. The van der Waals surface area contributed by atoms with E-state index in [9.17, 15) is 14.7 Å². The van der Waals surface area contributed by atoms with Crippen LogP contribution in [0.1, 0.15) is 25.7 Å². The van der Waals surface area contributed by atoms with Crippen LogP contribution in [0.2, 0.25) is 0 Å². The first-order valence-electron chi connectivity index (χ1n) is 7.49. The topological polar surface area (TPSA) is 75.6 Å². The van der Waals surface area contributed by atoms with E-state index in [1.807, 2.05) is 12.2 Å². The summed E-state index contributed by atoms with van der Waals surface area (Å²) >= 11 is 0. The fraction of sp³-hybridized carbons (Fsp3) is 0.733. The summed E-state index contributed by atoms with van der Waals surface area (Å²) in [6.07, 6.45) is 7.35. The van der Waals surface area contributed by atoms with E-state index in [1.165, 1.54) is 6.42 Å². The number of carboxylic acid groups (broad SMARTS) is 1. The van der Waals surface area contributed by atoms with Crippen molar-refractivity contribution in [3.63, 3.8) is 0 Å². The Hall–Kier alpha value is -1.36. The molecule has 20 heavy (non-hydrogen) atoms. The summed E-state index contributed by atoms with van der Waals surface area (Å²) in [7, 11) is 0. The van der Waals surface area contributed by atoms with E-state index in [-0.39, 0.29) is 30.1 Å². The Bertz CT molecular complexity index is 488. The molecule has 5 nitrogen and oxygen atoms in total. The van der Waals surface area contributed by atoms with Gasteiger partial charge in [0.05, 0.1) is 24.0 Å². The molecule has 0 aromatic heterocycles. The lowest BCUT2D eigenvalue weighted by Crippen LogP contribution is -2.48. The van der Waals surface area contributed by atoms with Crippen LogP contribution in [0.15, 0.2) is 12.2 Å². The summed E-state index contributed by atoms with van der Waals surface area (Å²) in [5.41, 5.74) is 0. The van der Waals surface area contributed by atoms with Crippen molar-refractivity contribution in [2.45, 2.75) is 43.9 Å². The second-order valence-electron chi connectivity index (χ2n) is 6.55. The van der Waals surface area contributed by atoms with Crippen LogP contribution in [0.5, 0.6) is 0 Å². The highest BCUT2D eigenvalue weighted by atomic mass is 16.5. The third-order valence-corrected chi connectivity index (χ3v) is 5.42. The van der Waals surface area contributed by atoms with Gasteiger partial charge in [-0.3, -0.25) is 9.59 Å². The van der Waals surface area contributed by atoms with Gasteiger partial charge in [0.2, 0.25) is 5.91 Å². The molecular formula is C15H19NO4. The van der Waals surface area contributed by atoms with Crippen molar-refractivity contribution in [2.24, 2.45) is 23.7 Å². The molecule has 0 unspecified atom stereocenters. The first kappa shape index (κ1) is 12.4. The Morgan fingerprint density at radius 1 is 1.10 bits per heavy atom.